The summed E-state index contributed by atoms with van der Waals surface area (Å²) < 4.78 is 0. The lowest BCUT2D eigenvalue weighted by atomic mass is 10.1. The molecule has 0 bridgehead atoms. The second-order valence-corrected chi connectivity index (χ2v) is 5.14. The van der Waals surface area contributed by atoms with Crippen LogP contribution in [0.4, 0.5) is 0 Å². The average Bonchev–Trinajstić information content (AvgIpc) is 2.45. The van der Waals surface area contributed by atoms with E-state index in [9.17, 15) is 4.79 Å². The number of benzene rings is 1. The molecule has 0 aromatic heterocycles. The summed E-state index contributed by atoms with van der Waals surface area (Å²) in [5.74, 6) is 0.147. The van der Waals surface area contributed by atoms with Gasteiger partial charge in [-0.15, -0.1) is 0 Å². The molecule has 0 saturated carbocycles. The molecule has 0 radical (unpaired) electrons. The van der Waals surface area contributed by atoms with Crippen LogP contribution < -0.4 is 5.73 Å². The van der Waals surface area contributed by atoms with Crippen molar-refractivity contribution in [3.05, 3.63) is 35.4 Å². The van der Waals surface area contributed by atoms with E-state index < -0.39 is 0 Å². The first-order valence-electron chi connectivity index (χ1n) is 7.09. The average molecular weight is 273 g/mol. The molecule has 1 atom stereocenters. The van der Waals surface area contributed by atoms with Gasteiger partial charge in [0.1, 0.15) is 0 Å². The van der Waals surface area contributed by atoms with Crippen molar-refractivity contribution in [3.63, 3.8) is 0 Å². The van der Waals surface area contributed by atoms with Gasteiger partial charge in [-0.2, -0.15) is 5.26 Å². The number of rotatable bonds is 7. The molecule has 0 heterocycles. The van der Waals surface area contributed by atoms with Gasteiger partial charge in [0.2, 0.25) is 5.91 Å². The third-order valence-corrected chi connectivity index (χ3v) is 3.12. The zero-order valence-corrected chi connectivity index (χ0v) is 12.3. The van der Waals surface area contributed by atoms with Crippen LogP contribution in [0.1, 0.15) is 44.2 Å². The molecule has 108 valence electrons. The molecule has 2 N–H and O–H groups in total. The Morgan fingerprint density at radius 1 is 1.40 bits per heavy atom. The maximum Gasteiger partial charge on any atom is 0.222 e. The van der Waals surface area contributed by atoms with Gasteiger partial charge in [0.15, 0.2) is 0 Å². The van der Waals surface area contributed by atoms with Crippen LogP contribution in [0.2, 0.25) is 0 Å². The lowest BCUT2D eigenvalue weighted by molar-refractivity contribution is -0.132. The Morgan fingerprint density at radius 3 is 2.55 bits per heavy atom. The largest absolute Gasteiger partial charge is 0.338 e. The highest BCUT2D eigenvalue weighted by atomic mass is 16.2. The van der Waals surface area contributed by atoms with Crippen LogP contribution in [0.25, 0.3) is 0 Å². The van der Waals surface area contributed by atoms with Crippen LogP contribution >= 0.6 is 0 Å². The van der Waals surface area contributed by atoms with Gasteiger partial charge in [0, 0.05) is 25.6 Å². The molecule has 1 rings (SSSR count). The molecule has 0 spiro atoms. The van der Waals surface area contributed by atoms with E-state index in [0.29, 0.717) is 24.9 Å². The van der Waals surface area contributed by atoms with Gasteiger partial charge in [-0.25, -0.2) is 0 Å². The first kappa shape index (κ1) is 16.2. The van der Waals surface area contributed by atoms with Gasteiger partial charge >= 0.3 is 0 Å². The van der Waals surface area contributed by atoms with E-state index >= 15 is 0 Å². The van der Waals surface area contributed by atoms with E-state index in [1.165, 1.54) is 0 Å². The van der Waals surface area contributed by atoms with Crippen LogP contribution in [0.3, 0.4) is 0 Å². The van der Waals surface area contributed by atoms with Gasteiger partial charge in [-0.3, -0.25) is 4.79 Å². The van der Waals surface area contributed by atoms with Crippen molar-refractivity contribution >= 4 is 5.91 Å². The van der Waals surface area contributed by atoms with Crippen LogP contribution in [0.15, 0.2) is 24.3 Å². The molecular weight excluding hydrogens is 250 g/mol. The zero-order chi connectivity index (χ0) is 15.0. The van der Waals surface area contributed by atoms with Crippen molar-refractivity contribution in [1.29, 1.82) is 5.26 Å². The van der Waals surface area contributed by atoms with Gasteiger partial charge < -0.3 is 10.6 Å². The van der Waals surface area contributed by atoms with Crippen LogP contribution in [0, 0.1) is 11.3 Å². The Morgan fingerprint density at radius 2 is 2.05 bits per heavy atom. The minimum Gasteiger partial charge on any atom is -0.338 e. The molecule has 0 aliphatic rings. The Bertz CT molecular complexity index is 460. The number of carbonyl (C=O) groups is 1. The summed E-state index contributed by atoms with van der Waals surface area (Å²) in [6.07, 6.45) is 2.14. The van der Waals surface area contributed by atoms with E-state index in [1.807, 2.05) is 24.0 Å². The highest BCUT2D eigenvalue weighted by Gasteiger charge is 2.13. The molecular formula is C16H23N3O. The highest BCUT2D eigenvalue weighted by molar-refractivity contribution is 5.76. The highest BCUT2D eigenvalue weighted by Crippen LogP contribution is 2.10. The summed E-state index contributed by atoms with van der Waals surface area (Å²) in [6, 6.07) is 9.52. The maximum absolute atomic E-state index is 12.2. The fourth-order valence-corrected chi connectivity index (χ4v) is 1.98. The molecule has 0 aliphatic heterocycles. The van der Waals surface area contributed by atoms with E-state index in [-0.39, 0.29) is 11.9 Å². The molecule has 0 saturated heterocycles. The molecule has 1 aromatic carbocycles. The lowest BCUT2D eigenvalue weighted by Gasteiger charge is -2.22. The molecule has 20 heavy (non-hydrogen) atoms. The minimum atomic E-state index is 0.0531. The molecule has 1 unspecified atom stereocenters. The van der Waals surface area contributed by atoms with Crippen LogP contribution in [-0.2, 0) is 11.3 Å². The van der Waals surface area contributed by atoms with E-state index in [0.717, 1.165) is 18.5 Å². The minimum absolute atomic E-state index is 0.0531. The normalized spacial score (nSPS) is 11.7. The number of amides is 1. The monoisotopic (exact) mass is 273 g/mol. The summed E-state index contributed by atoms with van der Waals surface area (Å²) in [6.45, 7) is 5.32. The van der Waals surface area contributed by atoms with Crippen molar-refractivity contribution < 1.29 is 4.79 Å². The van der Waals surface area contributed by atoms with Crippen LogP contribution in [0.5, 0.6) is 0 Å². The number of carbonyl (C=O) groups excluding carboxylic acids is 1. The Hall–Kier alpha value is -1.86. The molecule has 1 aromatic rings. The summed E-state index contributed by atoms with van der Waals surface area (Å²) >= 11 is 0. The van der Waals surface area contributed by atoms with E-state index in [2.05, 4.69) is 13.0 Å². The third-order valence-electron chi connectivity index (χ3n) is 3.12. The second kappa shape index (κ2) is 8.34. The Kier molecular flexibility index (Phi) is 6.75. The predicted octanol–water partition coefficient (Wildman–Crippen LogP) is 2.42. The Labute approximate surface area is 121 Å². The quantitative estimate of drug-likeness (QED) is 0.829. The van der Waals surface area contributed by atoms with E-state index in [4.69, 9.17) is 11.0 Å². The number of nitriles is 1. The molecule has 4 nitrogen and oxygen atoms in total. The number of hydrogen-bond donors (Lipinski definition) is 1. The number of hydrogen-bond acceptors (Lipinski definition) is 3. The fraction of sp³-hybridized carbons (Fsp3) is 0.500. The number of nitrogens with zero attached hydrogens (tertiary/aromatic N) is 2. The van der Waals surface area contributed by atoms with Crippen molar-refractivity contribution in [2.75, 3.05) is 6.54 Å². The SMILES string of the molecule is CCCN(Cc1ccc(C#N)cc1)C(=O)CCC(C)N. The number of nitrogens with two attached hydrogens (primary N) is 1. The van der Waals surface area contributed by atoms with Gasteiger partial charge in [-0.05, 0) is 37.5 Å². The zero-order valence-electron chi connectivity index (χ0n) is 12.3. The summed E-state index contributed by atoms with van der Waals surface area (Å²) in [5, 5.41) is 8.78. The van der Waals surface area contributed by atoms with Crippen LogP contribution in [-0.4, -0.2) is 23.4 Å². The maximum atomic E-state index is 12.2. The van der Waals surface area contributed by atoms with Crippen molar-refractivity contribution in [3.8, 4) is 6.07 Å². The first-order valence-corrected chi connectivity index (χ1v) is 7.09. The first-order chi connectivity index (χ1) is 9.56. The van der Waals surface area contributed by atoms with Gasteiger partial charge in [-0.1, -0.05) is 19.1 Å². The van der Waals surface area contributed by atoms with Crippen molar-refractivity contribution in [2.45, 2.75) is 45.7 Å². The van der Waals surface area contributed by atoms with Crippen molar-refractivity contribution in [2.24, 2.45) is 5.73 Å². The second-order valence-electron chi connectivity index (χ2n) is 5.14. The van der Waals surface area contributed by atoms with E-state index in [1.54, 1.807) is 12.1 Å². The fourth-order valence-electron chi connectivity index (χ4n) is 1.98. The predicted molar refractivity (Wildman–Crippen MR) is 79.7 cm³/mol. The van der Waals surface area contributed by atoms with Crippen molar-refractivity contribution in [1.82, 2.24) is 4.90 Å². The third kappa shape index (κ3) is 5.41. The smallest absolute Gasteiger partial charge is 0.222 e. The summed E-state index contributed by atoms with van der Waals surface area (Å²) in [7, 11) is 0. The van der Waals surface area contributed by atoms with Gasteiger partial charge in [0.25, 0.3) is 0 Å². The standard InChI is InChI=1S/C16H23N3O/c1-3-10-19(16(20)9-4-13(2)18)12-15-7-5-14(11-17)6-8-15/h5-8,13H,3-4,9-10,12,18H2,1-2H3. The summed E-state index contributed by atoms with van der Waals surface area (Å²) in [5.41, 5.74) is 7.38. The molecule has 4 heteroatoms. The molecule has 0 fully saturated rings. The topological polar surface area (TPSA) is 70.1 Å². The molecule has 1 amide bonds. The molecule has 0 aliphatic carbocycles. The Balaban J connectivity index is 2.65. The van der Waals surface area contributed by atoms with Gasteiger partial charge in [0.05, 0.1) is 11.6 Å². The lowest BCUT2D eigenvalue weighted by Crippen LogP contribution is -2.32. The summed E-state index contributed by atoms with van der Waals surface area (Å²) in [4.78, 5) is 14.0.